The third-order valence-corrected chi connectivity index (χ3v) is 2.03. The number of nitrogens with one attached hydrogen (secondary N) is 1. The normalized spacial score (nSPS) is 26.1. The Hall–Kier alpha value is -1.14. The lowest BCUT2D eigenvalue weighted by Crippen LogP contribution is -2.38. The standard InChI is InChI=1S/C8H14N2O4/c1-5-2-3-13-7(5)8(12)10-14-4-6(9)11/h5,7H,2-4H2,1H3,(H2,9,11)(H,10,12). The lowest BCUT2D eigenvalue weighted by atomic mass is 10.0. The molecule has 2 atom stereocenters. The Bertz CT molecular complexity index is 231. The van der Waals surface area contributed by atoms with Gasteiger partial charge in [0.25, 0.3) is 5.91 Å². The van der Waals surface area contributed by atoms with Crippen molar-refractivity contribution in [1.82, 2.24) is 5.48 Å². The molecular formula is C8H14N2O4. The van der Waals surface area contributed by atoms with E-state index in [1.807, 2.05) is 6.92 Å². The Morgan fingerprint density at radius 1 is 1.64 bits per heavy atom. The topological polar surface area (TPSA) is 90.7 Å². The average Bonchev–Trinajstić information content (AvgIpc) is 2.50. The number of carbonyl (C=O) groups excluding carboxylic acids is 2. The zero-order chi connectivity index (χ0) is 10.6. The van der Waals surface area contributed by atoms with E-state index < -0.39 is 12.0 Å². The number of primary amides is 1. The fourth-order valence-electron chi connectivity index (χ4n) is 1.27. The van der Waals surface area contributed by atoms with Crippen molar-refractivity contribution in [1.29, 1.82) is 0 Å². The lowest BCUT2D eigenvalue weighted by Gasteiger charge is -2.13. The van der Waals surface area contributed by atoms with Crippen LogP contribution in [0.25, 0.3) is 0 Å². The molecule has 2 unspecified atom stereocenters. The van der Waals surface area contributed by atoms with Crippen molar-refractivity contribution in [2.24, 2.45) is 11.7 Å². The molecule has 0 aliphatic carbocycles. The molecule has 1 aliphatic heterocycles. The predicted molar refractivity (Wildman–Crippen MR) is 46.8 cm³/mol. The summed E-state index contributed by atoms with van der Waals surface area (Å²) in [7, 11) is 0. The summed E-state index contributed by atoms with van der Waals surface area (Å²) in [4.78, 5) is 26.2. The van der Waals surface area contributed by atoms with Crippen LogP contribution in [0.15, 0.2) is 0 Å². The summed E-state index contributed by atoms with van der Waals surface area (Å²) >= 11 is 0. The second-order valence-corrected chi connectivity index (χ2v) is 3.28. The van der Waals surface area contributed by atoms with E-state index in [1.165, 1.54) is 0 Å². The monoisotopic (exact) mass is 202 g/mol. The van der Waals surface area contributed by atoms with Crippen molar-refractivity contribution in [3.63, 3.8) is 0 Å². The first-order valence-corrected chi connectivity index (χ1v) is 4.43. The summed E-state index contributed by atoms with van der Waals surface area (Å²) in [6.07, 6.45) is 0.372. The van der Waals surface area contributed by atoms with Crippen LogP contribution in [0.1, 0.15) is 13.3 Å². The fraction of sp³-hybridized carbons (Fsp3) is 0.750. The highest BCUT2D eigenvalue weighted by molar-refractivity contribution is 5.80. The molecule has 80 valence electrons. The van der Waals surface area contributed by atoms with Gasteiger partial charge < -0.3 is 10.5 Å². The van der Waals surface area contributed by atoms with Gasteiger partial charge in [0.15, 0.2) is 6.61 Å². The summed E-state index contributed by atoms with van der Waals surface area (Å²) in [6, 6.07) is 0. The zero-order valence-electron chi connectivity index (χ0n) is 7.99. The van der Waals surface area contributed by atoms with E-state index in [0.29, 0.717) is 6.61 Å². The van der Waals surface area contributed by atoms with Gasteiger partial charge in [-0.3, -0.25) is 14.4 Å². The van der Waals surface area contributed by atoms with Gasteiger partial charge in [-0.05, 0) is 12.3 Å². The van der Waals surface area contributed by atoms with E-state index >= 15 is 0 Å². The first-order valence-electron chi connectivity index (χ1n) is 4.43. The smallest absolute Gasteiger partial charge is 0.272 e. The first kappa shape index (κ1) is 10.9. The van der Waals surface area contributed by atoms with Crippen molar-refractivity contribution in [3.8, 4) is 0 Å². The number of rotatable bonds is 4. The minimum absolute atomic E-state index is 0.173. The highest BCUT2D eigenvalue weighted by atomic mass is 16.7. The van der Waals surface area contributed by atoms with Crippen molar-refractivity contribution in [2.45, 2.75) is 19.4 Å². The molecular weight excluding hydrogens is 188 g/mol. The fourth-order valence-corrected chi connectivity index (χ4v) is 1.27. The number of amides is 2. The van der Waals surface area contributed by atoms with Gasteiger partial charge >= 0.3 is 0 Å². The molecule has 3 N–H and O–H groups in total. The van der Waals surface area contributed by atoms with Gasteiger partial charge in [-0.15, -0.1) is 0 Å². The molecule has 6 heteroatoms. The van der Waals surface area contributed by atoms with Crippen LogP contribution in [0.4, 0.5) is 0 Å². The Labute approximate surface area is 81.7 Å². The zero-order valence-corrected chi connectivity index (χ0v) is 7.99. The largest absolute Gasteiger partial charge is 0.368 e. The van der Waals surface area contributed by atoms with Gasteiger partial charge in [0.2, 0.25) is 5.91 Å². The van der Waals surface area contributed by atoms with Crippen LogP contribution in [0, 0.1) is 5.92 Å². The Morgan fingerprint density at radius 2 is 2.36 bits per heavy atom. The molecule has 0 bridgehead atoms. The van der Waals surface area contributed by atoms with Gasteiger partial charge in [0, 0.05) is 6.61 Å². The van der Waals surface area contributed by atoms with Crippen molar-refractivity contribution >= 4 is 11.8 Å². The third kappa shape index (κ3) is 2.97. The molecule has 1 heterocycles. The minimum Gasteiger partial charge on any atom is -0.368 e. The van der Waals surface area contributed by atoms with Gasteiger partial charge in [0.1, 0.15) is 6.10 Å². The van der Waals surface area contributed by atoms with Gasteiger partial charge in [-0.1, -0.05) is 6.92 Å². The molecule has 1 fully saturated rings. The van der Waals surface area contributed by atoms with E-state index in [0.717, 1.165) is 6.42 Å². The molecule has 1 rings (SSSR count). The number of nitrogens with two attached hydrogens (primary N) is 1. The van der Waals surface area contributed by atoms with Crippen LogP contribution in [-0.2, 0) is 19.2 Å². The number of hydroxylamine groups is 1. The third-order valence-electron chi connectivity index (χ3n) is 2.03. The molecule has 0 aromatic carbocycles. The molecule has 0 aromatic rings. The second kappa shape index (κ2) is 4.92. The molecule has 14 heavy (non-hydrogen) atoms. The van der Waals surface area contributed by atoms with Crippen LogP contribution in [0.3, 0.4) is 0 Å². The number of ether oxygens (including phenoxy) is 1. The van der Waals surface area contributed by atoms with E-state index in [2.05, 4.69) is 10.3 Å². The quantitative estimate of drug-likeness (QED) is 0.569. The number of carbonyl (C=O) groups is 2. The lowest BCUT2D eigenvalue weighted by molar-refractivity contribution is -0.146. The second-order valence-electron chi connectivity index (χ2n) is 3.28. The van der Waals surface area contributed by atoms with Crippen molar-refractivity contribution < 1.29 is 19.2 Å². The van der Waals surface area contributed by atoms with Gasteiger partial charge in [0.05, 0.1) is 0 Å². The molecule has 0 aromatic heterocycles. The number of hydrogen-bond donors (Lipinski definition) is 2. The summed E-state index contributed by atoms with van der Waals surface area (Å²) in [5.41, 5.74) is 6.93. The summed E-state index contributed by atoms with van der Waals surface area (Å²) in [6.45, 7) is 2.17. The Kier molecular flexibility index (Phi) is 3.84. The maximum atomic E-state index is 11.3. The molecule has 2 amide bonds. The van der Waals surface area contributed by atoms with Crippen molar-refractivity contribution in [3.05, 3.63) is 0 Å². The van der Waals surface area contributed by atoms with E-state index in [4.69, 9.17) is 10.5 Å². The maximum absolute atomic E-state index is 11.3. The molecule has 1 aliphatic rings. The summed E-state index contributed by atoms with van der Waals surface area (Å²) in [5.74, 6) is -0.825. The maximum Gasteiger partial charge on any atom is 0.272 e. The Morgan fingerprint density at radius 3 is 2.86 bits per heavy atom. The van der Waals surface area contributed by atoms with Gasteiger partial charge in [-0.2, -0.15) is 0 Å². The summed E-state index contributed by atoms with van der Waals surface area (Å²) < 4.78 is 5.18. The van der Waals surface area contributed by atoms with Crippen LogP contribution in [0.2, 0.25) is 0 Å². The number of hydrogen-bond acceptors (Lipinski definition) is 4. The molecule has 0 radical (unpaired) electrons. The van der Waals surface area contributed by atoms with Crippen LogP contribution in [0.5, 0.6) is 0 Å². The average molecular weight is 202 g/mol. The minimum atomic E-state index is -0.634. The van der Waals surface area contributed by atoms with Crippen LogP contribution in [-0.4, -0.2) is 31.1 Å². The first-order chi connectivity index (χ1) is 6.61. The summed E-state index contributed by atoms with van der Waals surface area (Å²) in [5, 5.41) is 0. The van der Waals surface area contributed by atoms with E-state index in [1.54, 1.807) is 0 Å². The highest BCUT2D eigenvalue weighted by Crippen LogP contribution is 2.19. The van der Waals surface area contributed by atoms with Crippen molar-refractivity contribution in [2.75, 3.05) is 13.2 Å². The SMILES string of the molecule is CC1CCOC1C(=O)NOCC(N)=O. The Balaban J connectivity index is 2.24. The van der Waals surface area contributed by atoms with Gasteiger partial charge in [-0.25, -0.2) is 5.48 Å². The van der Waals surface area contributed by atoms with Crippen LogP contribution < -0.4 is 11.2 Å². The molecule has 0 saturated carbocycles. The predicted octanol–water partition coefficient (Wildman–Crippen LogP) is -1.06. The van der Waals surface area contributed by atoms with E-state index in [-0.39, 0.29) is 18.4 Å². The molecule has 0 spiro atoms. The molecule has 6 nitrogen and oxygen atoms in total. The highest BCUT2D eigenvalue weighted by Gasteiger charge is 2.30. The van der Waals surface area contributed by atoms with Crippen LogP contribution >= 0.6 is 0 Å². The molecule has 1 saturated heterocycles. The van der Waals surface area contributed by atoms with E-state index in [9.17, 15) is 9.59 Å².